The van der Waals surface area contributed by atoms with Gasteiger partial charge in [-0.1, -0.05) is 12.1 Å². The largest absolute Gasteiger partial charge is 0.481 e. The molecule has 2 aromatic rings. The first-order valence-electron chi connectivity index (χ1n) is 7.81. The number of carbonyl (C=O) groups excluding carboxylic acids is 1. The normalized spacial score (nSPS) is 20.8. The molecule has 1 aromatic heterocycles. The summed E-state index contributed by atoms with van der Waals surface area (Å²) in [5.74, 6) is -0.841. The van der Waals surface area contributed by atoms with Crippen molar-refractivity contribution < 1.29 is 14.7 Å². The molecule has 6 nitrogen and oxygen atoms in total. The van der Waals surface area contributed by atoms with Crippen molar-refractivity contribution in [1.82, 2.24) is 15.2 Å². The van der Waals surface area contributed by atoms with Gasteiger partial charge < -0.3 is 20.3 Å². The van der Waals surface area contributed by atoms with E-state index in [1.54, 1.807) is 11.8 Å². The molecule has 0 spiro atoms. The number of fused-ring (bicyclic) bond motifs is 1. The predicted molar refractivity (Wildman–Crippen MR) is 87.3 cm³/mol. The molecule has 1 unspecified atom stereocenters. The van der Waals surface area contributed by atoms with Crippen LogP contribution in [0.25, 0.3) is 10.9 Å². The van der Waals surface area contributed by atoms with Crippen LogP contribution in [0.5, 0.6) is 0 Å². The van der Waals surface area contributed by atoms with Crippen molar-refractivity contribution in [3.63, 3.8) is 0 Å². The summed E-state index contributed by atoms with van der Waals surface area (Å²) in [6.07, 6.45) is 3.15. The molecule has 122 valence electrons. The zero-order valence-corrected chi connectivity index (χ0v) is 13.1. The fourth-order valence-electron chi connectivity index (χ4n) is 3.09. The molecule has 1 aliphatic rings. The van der Waals surface area contributed by atoms with Crippen molar-refractivity contribution >= 4 is 22.9 Å². The highest BCUT2D eigenvalue weighted by Crippen LogP contribution is 2.29. The number of nitrogens with one attached hydrogen (secondary N) is 2. The summed E-state index contributed by atoms with van der Waals surface area (Å²) >= 11 is 0. The molecule has 3 rings (SSSR count). The minimum atomic E-state index is -0.841. The van der Waals surface area contributed by atoms with E-state index in [9.17, 15) is 14.7 Å². The molecule has 0 bridgehead atoms. The Balaban J connectivity index is 1.54. The summed E-state index contributed by atoms with van der Waals surface area (Å²) in [7, 11) is 0. The Hall–Kier alpha value is -2.50. The van der Waals surface area contributed by atoms with E-state index < -0.39 is 11.4 Å². The fraction of sp³-hybridized carbons (Fsp3) is 0.412. The van der Waals surface area contributed by atoms with Crippen molar-refractivity contribution in [3.8, 4) is 0 Å². The van der Waals surface area contributed by atoms with Crippen LogP contribution in [0.1, 0.15) is 18.9 Å². The number of benzene rings is 1. The molecule has 3 N–H and O–H groups in total. The third-order valence-electron chi connectivity index (χ3n) is 4.63. The first-order valence-corrected chi connectivity index (χ1v) is 7.81. The number of nitrogens with zero attached hydrogens (tertiary/aromatic N) is 1. The molecular formula is C17H21N3O3. The van der Waals surface area contributed by atoms with E-state index in [1.807, 2.05) is 24.4 Å². The number of hydrogen-bond acceptors (Lipinski definition) is 2. The third kappa shape index (κ3) is 3.02. The van der Waals surface area contributed by atoms with Gasteiger partial charge in [0.2, 0.25) is 0 Å². The van der Waals surface area contributed by atoms with Gasteiger partial charge in [0, 0.05) is 36.7 Å². The Morgan fingerprint density at radius 2 is 2.22 bits per heavy atom. The second-order valence-electron chi connectivity index (χ2n) is 6.38. The van der Waals surface area contributed by atoms with Gasteiger partial charge in [-0.3, -0.25) is 4.79 Å². The van der Waals surface area contributed by atoms with Crippen molar-refractivity contribution in [1.29, 1.82) is 0 Å². The van der Waals surface area contributed by atoms with Gasteiger partial charge in [-0.15, -0.1) is 0 Å². The van der Waals surface area contributed by atoms with Crippen molar-refractivity contribution in [3.05, 3.63) is 36.0 Å². The Kier molecular flexibility index (Phi) is 3.98. The van der Waals surface area contributed by atoms with Crippen LogP contribution in [0.3, 0.4) is 0 Å². The number of carbonyl (C=O) groups is 2. The van der Waals surface area contributed by atoms with E-state index in [0.717, 1.165) is 11.9 Å². The number of amides is 2. The Bertz CT molecular complexity index is 740. The monoisotopic (exact) mass is 315 g/mol. The van der Waals surface area contributed by atoms with Gasteiger partial charge in [0.05, 0.1) is 5.41 Å². The molecule has 1 saturated heterocycles. The zero-order chi connectivity index (χ0) is 16.4. The van der Waals surface area contributed by atoms with Crippen LogP contribution in [0.15, 0.2) is 30.5 Å². The van der Waals surface area contributed by atoms with Crippen LogP contribution in [0.2, 0.25) is 0 Å². The number of hydrogen-bond donors (Lipinski definition) is 3. The molecule has 2 heterocycles. The molecule has 1 fully saturated rings. The van der Waals surface area contributed by atoms with Gasteiger partial charge in [0.15, 0.2) is 0 Å². The lowest BCUT2D eigenvalue weighted by Gasteiger charge is -2.20. The topological polar surface area (TPSA) is 85.4 Å². The molecular weight excluding hydrogens is 294 g/mol. The zero-order valence-electron chi connectivity index (χ0n) is 13.1. The quantitative estimate of drug-likeness (QED) is 0.808. The van der Waals surface area contributed by atoms with Crippen molar-refractivity contribution in [2.24, 2.45) is 5.41 Å². The van der Waals surface area contributed by atoms with E-state index in [4.69, 9.17) is 0 Å². The number of carboxylic acids is 1. The highest BCUT2D eigenvalue weighted by molar-refractivity contribution is 5.83. The SMILES string of the molecule is CC1(C(=O)O)CCN(C(=O)NCCc2cccc3[nH]ccc23)C1. The number of aromatic amines is 1. The minimum Gasteiger partial charge on any atom is -0.481 e. The summed E-state index contributed by atoms with van der Waals surface area (Å²) < 4.78 is 0. The second-order valence-corrected chi connectivity index (χ2v) is 6.38. The number of aromatic nitrogens is 1. The number of urea groups is 1. The summed E-state index contributed by atoms with van der Waals surface area (Å²) in [5, 5.41) is 13.3. The van der Waals surface area contributed by atoms with Crippen LogP contribution in [-0.2, 0) is 11.2 Å². The van der Waals surface area contributed by atoms with Crippen LogP contribution >= 0.6 is 0 Å². The number of H-pyrrole nitrogens is 1. The molecule has 1 atom stereocenters. The predicted octanol–water partition coefficient (Wildman–Crippen LogP) is 2.22. The lowest BCUT2D eigenvalue weighted by Crippen LogP contribution is -2.41. The fourth-order valence-corrected chi connectivity index (χ4v) is 3.09. The maximum absolute atomic E-state index is 12.2. The Morgan fingerprint density at radius 3 is 2.96 bits per heavy atom. The van der Waals surface area contributed by atoms with Crippen LogP contribution in [0.4, 0.5) is 4.79 Å². The maximum atomic E-state index is 12.2. The highest BCUT2D eigenvalue weighted by Gasteiger charge is 2.42. The van der Waals surface area contributed by atoms with Gasteiger partial charge >= 0.3 is 12.0 Å². The van der Waals surface area contributed by atoms with E-state index in [-0.39, 0.29) is 12.6 Å². The second kappa shape index (κ2) is 5.95. The van der Waals surface area contributed by atoms with E-state index in [0.29, 0.717) is 19.5 Å². The summed E-state index contributed by atoms with van der Waals surface area (Å²) in [5.41, 5.74) is 1.44. The first-order chi connectivity index (χ1) is 11.0. The first kappa shape index (κ1) is 15.4. The van der Waals surface area contributed by atoms with Crippen LogP contribution in [-0.4, -0.2) is 46.6 Å². The lowest BCUT2D eigenvalue weighted by molar-refractivity contribution is -0.146. The molecule has 0 radical (unpaired) electrons. The number of rotatable bonds is 4. The van der Waals surface area contributed by atoms with Gasteiger partial charge in [0.25, 0.3) is 0 Å². The summed E-state index contributed by atoms with van der Waals surface area (Å²) in [6.45, 7) is 2.97. The van der Waals surface area contributed by atoms with Gasteiger partial charge in [-0.05, 0) is 37.5 Å². The molecule has 0 aliphatic carbocycles. The van der Waals surface area contributed by atoms with Gasteiger partial charge in [-0.25, -0.2) is 4.79 Å². The molecule has 0 saturated carbocycles. The van der Waals surface area contributed by atoms with Crippen LogP contribution in [0, 0.1) is 5.41 Å². The Morgan fingerprint density at radius 1 is 1.39 bits per heavy atom. The summed E-state index contributed by atoms with van der Waals surface area (Å²) in [4.78, 5) is 28.2. The average molecular weight is 315 g/mol. The number of aliphatic carboxylic acids is 1. The van der Waals surface area contributed by atoms with E-state index in [2.05, 4.69) is 16.4 Å². The third-order valence-corrected chi connectivity index (χ3v) is 4.63. The van der Waals surface area contributed by atoms with Crippen LogP contribution < -0.4 is 5.32 Å². The van der Waals surface area contributed by atoms with Gasteiger partial charge in [0.1, 0.15) is 0 Å². The molecule has 2 amide bonds. The molecule has 1 aliphatic heterocycles. The molecule has 23 heavy (non-hydrogen) atoms. The minimum absolute atomic E-state index is 0.184. The number of carboxylic acid groups (broad SMARTS) is 1. The van der Waals surface area contributed by atoms with E-state index >= 15 is 0 Å². The van der Waals surface area contributed by atoms with Gasteiger partial charge in [-0.2, -0.15) is 0 Å². The molecule has 6 heteroatoms. The lowest BCUT2D eigenvalue weighted by atomic mass is 9.90. The molecule has 1 aromatic carbocycles. The summed E-state index contributed by atoms with van der Waals surface area (Å²) in [6, 6.07) is 7.92. The average Bonchev–Trinajstić information content (AvgIpc) is 3.15. The standard InChI is InChI=1S/C17H21N3O3/c1-17(15(21)22)7-10-20(11-17)16(23)19-8-5-12-3-2-4-14-13(12)6-9-18-14/h2-4,6,9,18H,5,7-8,10-11H2,1H3,(H,19,23)(H,21,22). The van der Waals surface area contributed by atoms with Crippen molar-refractivity contribution in [2.45, 2.75) is 19.8 Å². The smallest absolute Gasteiger partial charge is 0.317 e. The van der Waals surface area contributed by atoms with Crippen molar-refractivity contribution in [2.75, 3.05) is 19.6 Å². The highest BCUT2D eigenvalue weighted by atomic mass is 16.4. The van der Waals surface area contributed by atoms with E-state index in [1.165, 1.54) is 10.9 Å². The Labute approximate surface area is 134 Å². The maximum Gasteiger partial charge on any atom is 0.317 e. The number of likely N-dealkylation sites (tertiary alicyclic amines) is 1.